The van der Waals surface area contributed by atoms with Gasteiger partial charge in [-0.05, 0) is 121 Å². The largest absolute Gasteiger partial charge is 0.383 e. The van der Waals surface area contributed by atoms with Crippen molar-refractivity contribution in [1.29, 1.82) is 0 Å². The molecule has 0 aliphatic carbocycles. The summed E-state index contributed by atoms with van der Waals surface area (Å²) in [4.78, 5) is 13.3. The average molecular weight is 698 g/mol. The fourth-order valence-corrected chi connectivity index (χ4v) is 6.90. The molecule has 4 N–H and O–H groups in total. The molecule has 2 aromatic heterocycles. The van der Waals surface area contributed by atoms with Crippen LogP contribution < -0.4 is 11.5 Å². The second kappa shape index (κ2) is 15.7. The number of aliphatic imine (C=N–C) groups is 1. The van der Waals surface area contributed by atoms with E-state index >= 15 is 0 Å². The molecule has 6 aromatic carbocycles. The number of rotatable bonds is 10. The number of pyridine rings is 2. The molecule has 8 rings (SSSR count). The second-order valence-electron chi connectivity index (χ2n) is 13.3. The summed E-state index contributed by atoms with van der Waals surface area (Å²) in [7, 11) is 0. The highest BCUT2D eigenvalue weighted by Crippen LogP contribution is 2.36. The molecule has 2 heterocycles. The molecule has 2 atom stereocenters. The van der Waals surface area contributed by atoms with Gasteiger partial charge in [-0.1, -0.05) is 121 Å². The van der Waals surface area contributed by atoms with Gasteiger partial charge in [-0.25, -0.2) is 0 Å². The van der Waals surface area contributed by atoms with Gasteiger partial charge in [0.1, 0.15) is 5.84 Å². The van der Waals surface area contributed by atoms with Gasteiger partial charge in [0.2, 0.25) is 0 Å². The number of aromatic nitrogens is 2. The topological polar surface area (TPSA) is 90.2 Å². The van der Waals surface area contributed by atoms with E-state index in [-0.39, 0.29) is 0 Å². The van der Waals surface area contributed by atoms with E-state index in [9.17, 15) is 0 Å². The van der Waals surface area contributed by atoms with Crippen molar-refractivity contribution in [3.63, 3.8) is 0 Å². The van der Waals surface area contributed by atoms with E-state index in [0.717, 1.165) is 38.9 Å². The first-order valence-electron chi connectivity index (χ1n) is 18.1. The SMILES string of the molecule is NC(=NC(c1cccc(-c2cccc(-c3ccc(-c4cc(-c5ccccc5)cc(-c5ccccc5)c4)cc3)c2)c1)C(N)c1ccncc1)c1ccncc1. The Bertz CT molecular complexity index is 2440. The maximum absolute atomic E-state index is 6.91. The third kappa shape index (κ3) is 7.63. The molecule has 54 heavy (non-hydrogen) atoms. The number of hydrogen-bond acceptors (Lipinski definition) is 4. The quantitative estimate of drug-likeness (QED) is 0.110. The van der Waals surface area contributed by atoms with Crippen LogP contribution in [0.4, 0.5) is 0 Å². The van der Waals surface area contributed by atoms with Crippen molar-refractivity contribution in [2.24, 2.45) is 16.5 Å². The van der Waals surface area contributed by atoms with Crippen LogP contribution in [0.15, 0.2) is 206 Å². The van der Waals surface area contributed by atoms with Gasteiger partial charge in [0.05, 0.1) is 12.1 Å². The van der Waals surface area contributed by atoms with E-state index in [4.69, 9.17) is 16.5 Å². The van der Waals surface area contributed by atoms with Crippen molar-refractivity contribution in [1.82, 2.24) is 9.97 Å². The Morgan fingerprint density at radius 2 is 0.796 bits per heavy atom. The third-order valence-electron chi connectivity index (χ3n) is 9.81. The first kappa shape index (κ1) is 34.2. The van der Waals surface area contributed by atoms with Crippen LogP contribution in [0.1, 0.15) is 28.8 Å². The zero-order valence-electron chi connectivity index (χ0n) is 29.7. The average Bonchev–Trinajstić information content (AvgIpc) is 3.26. The molecule has 2 unspecified atom stereocenters. The predicted molar refractivity (Wildman–Crippen MR) is 222 cm³/mol. The molecule has 0 bridgehead atoms. The lowest BCUT2D eigenvalue weighted by Crippen LogP contribution is -2.23. The molecule has 260 valence electrons. The molecule has 0 saturated carbocycles. The summed E-state index contributed by atoms with van der Waals surface area (Å²) in [5.41, 5.74) is 27.8. The van der Waals surface area contributed by atoms with Crippen LogP contribution in [-0.4, -0.2) is 15.8 Å². The highest BCUT2D eigenvalue weighted by atomic mass is 14.9. The molecular formula is C49H39N5. The van der Waals surface area contributed by atoms with Crippen molar-refractivity contribution in [2.75, 3.05) is 0 Å². The summed E-state index contributed by atoms with van der Waals surface area (Å²) in [5.74, 6) is 0.408. The summed E-state index contributed by atoms with van der Waals surface area (Å²) in [6.07, 6.45) is 6.92. The Balaban J connectivity index is 1.11. The minimum atomic E-state index is -0.439. The Labute approximate surface area is 316 Å². The molecule has 0 aliphatic rings. The van der Waals surface area contributed by atoms with Crippen LogP contribution in [0.2, 0.25) is 0 Å². The Hall–Kier alpha value is -6.95. The van der Waals surface area contributed by atoms with E-state index < -0.39 is 12.1 Å². The number of hydrogen-bond donors (Lipinski definition) is 2. The smallest absolute Gasteiger partial charge is 0.126 e. The number of nitrogens with two attached hydrogens (primary N) is 2. The van der Waals surface area contributed by atoms with Gasteiger partial charge in [-0.3, -0.25) is 15.0 Å². The van der Waals surface area contributed by atoms with Gasteiger partial charge < -0.3 is 11.5 Å². The van der Waals surface area contributed by atoms with E-state index in [2.05, 4.69) is 162 Å². The molecular weight excluding hydrogens is 659 g/mol. The number of nitrogens with zero attached hydrogens (tertiary/aromatic N) is 3. The van der Waals surface area contributed by atoms with Crippen LogP contribution in [0.3, 0.4) is 0 Å². The van der Waals surface area contributed by atoms with Crippen LogP contribution in [0, 0.1) is 0 Å². The Morgan fingerprint density at radius 1 is 0.389 bits per heavy atom. The molecule has 0 saturated heterocycles. The minimum absolute atomic E-state index is 0.408. The van der Waals surface area contributed by atoms with Crippen LogP contribution in [0.5, 0.6) is 0 Å². The predicted octanol–water partition coefficient (Wildman–Crippen LogP) is 11.0. The summed E-state index contributed by atoms with van der Waals surface area (Å²) in [5, 5.41) is 0. The minimum Gasteiger partial charge on any atom is -0.383 e. The van der Waals surface area contributed by atoms with Crippen LogP contribution in [-0.2, 0) is 0 Å². The molecule has 5 heteroatoms. The van der Waals surface area contributed by atoms with Crippen molar-refractivity contribution in [2.45, 2.75) is 12.1 Å². The maximum Gasteiger partial charge on any atom is 0.126 e. The van der Waals surface area contributed by atoms with Gasteiger partial charge in [-0.2, -0.15) is 0 Å². The molecule has 0 fully saturated rings. The fraction of sp³-hybridized carbons (Fsp3) is 0.0408. The molecule has 0 amide bonds. The molecule has 8 aromatic rings. The zero-order chi connectivity index (χ0) is 36.7. The van der Waals surface area contributed by atoms with E-state index in [1.54, 1.807) is 24.8 Å². The molecule has 5 nitrogen and oxygen atoms in total. The van der Waals surface area contributed by atoms with Gasteiger partial charge >= 0.3 is 0 Å². The summed E-state index contributed by atoms with van der Waals surface area (Å²) >= 11 is 0. The number of amidine groups is 1. The fourth-order valence-electron chi connectivity index (χ4n) is 6.90. The Morgan fingerprint density at radius 3 is 1.35 bits per heavy atom. The highest BCUT2D eigenvalue weighted by molar-refractivity contribution is 5.97. The lowest BCUT2D eigenvalue weighted by molar-refractivity contribution is 0.576. The normalized spacial score (nSPS) is 12.6. The number of benzene rings is 6. The standard InChI is InChI=1S/C49H39N5/c50-47(38-21-25-52-26-22-38)48(54-49(51)39-23-27-53-28-24-39)43-16-8-15-42(30-43)41-14-7-13-40(29-41)36-17-19-37(20-18-36)46-32-44(34-9-3-1-4-10-34)31-45(33-46)35-11-5-2-6-12-35/h1-33,47-48H,50H2,(H2,51,54). The second-order valence-corrected chi connectivity index (χ2v) is 13.3. The van der Waals surface area contributed by atoms with Crippen molar-refractivity contribution in [3.05, 3.63) is 217 Å². The van der Waals surface area contributed by atoms with Gasteiger partial charge in [0, 0.05) is 30.4 Å². The van der Waals surface area contributed by atoms with Crippen molar-refractivity contribution < 1.29 is 0 Å². The zero-order valence-corrected chi connectivity index (χ0v) is 29.7. The van der Waals surface area contributed by atoms with Crippen molar-refractivity contribution in [3.8, 4) is 55.6 Å². The van der Waals surface area contributed by atoms with Gasteiger partial charge in [-0.15, -0.1) is 0 Å². The van der Waals surface area contributed by atoms with Crippen LogP contribution >= 0.6 is 0 Å². The van der Waals surface area contributed by atoms with Crippen LogP contribution in [0.25, 0.3) is 55.6 Å². The first-order chi connectivity index (χ1) is 26.6. The monoisotopic (exact) mass is 697 g/mol. The van der Waals surface area contributed by atoms with E-state index in [1.165, 1.54) is 33.4 Å². The summed E-state index contributed by atoms with van der Waals surface area (Å²) in [6.45, 7) is 0. The lowest BCUT2D eigenvalue weighted by Gasteiger charge is -2.23. The van der Waals surface area contributed by atoms with Gasteiger partial charge in [0.15, 0.2) is 0 Å². The molecule has 0 radical (unpaired) electrons. The summed E-state index contributed by atoms with van der Waals surface area (Å²) in [6, 6.07) is 60.6. The summed E-state index contributed by atoms with van der Waals surface area (Å²) < 4.78 is 0. The Kier molecular flexibility index (Phi) is 9.96. The van der Waals surface area contributed by atoms with Gasteiger partial charge in [0.25, 0.3) is 0 Å². The van der Waals surface area contributed by atoms with Crippen molar-refractivity contribution >= 4 is 5.84 Å². The van der Waals surface area contributed by atoms with E-state index in [1.807, 2.05) is 24.3 Å². The maximum atomic E-state index is 6.91. The third-order valence-corrected chi connectivity index (χ3v) is 9.81. The first-order valence-corrected chi connectivity index (χ1v) is 18.1. The van der Waals surface area contributed by atoms with E-state index in [0.29, 0.717) is 5.84 Å². The molecule has 0 aliphatic heterocycles. The lowest BCUT2D eigenvalue weighted by atomic mass is 9.91. The highest BCUT2D eigenvalue weighted by Gasteiger charge is 2.22. The molecule has 0 spiro atoms.